The largest absolute Gasteiger partial charge is 0.573 e. The molecule has 3 aromatic carbocycles. The Kier molecular flexibility index (Phi) is 10.6. The summed E-state index contributed by atoms with van der Waals surface area (Å²) in [6.45, 7) is 6.36. The predicted molar refractivity (Wildman–Crippen MR) is 162 cm³/mol. The highest BCUT2D eigenvalue weighted by atomic mass is 19.4. The number of aryl methyl sites for hydroxylation is 1. The van der Waals surface area contributed by atoms with E-state index < -0.39 is 24.3 Å². The zero-order chi connectivity index (χ0) is 32.7. The number of carbonyl (C=O) groups excluding carboxylic acids is 3. The van der Waals surface area contributed by atoms with Crippen molar-refractivity contribution < 1.29 is 41.8 Å². The molecule has 0 radical (unpaired) electrons. The number of alkyl halides is 3. The Labute approximate surface area is 259 Å². The number of benzene rings is 3. The number of anilines is 1. The zero-order valence-corrected chi connectivity index (χ0v) is 25.4. The quantitative estimate of drug-likeness (QED) is 0.260. The molecule has 0 spiro atoms. The molecule has 1 aliphatic rings. The maximum atomic E-state index is 13.4. The second-order valence-corrected chi connectivity index (χ2v) is 11.1. The lowest BCUT2D eigenvalue weighted by molar-refractivity contribution is -0.274. The first-order chi connectivity index (χ1) is 21.3. The molecule has 3 aromatic rings. The average Bonchev–Trinajstić information content (AvgIpc) is 2.99. The fourth-order valence-corrected chi connectivity index (χ4v) is 5.13. The molecule has 0 aliphatic carbocycles. The molecule has 1 saturated heterocycles. The molecule has 240 valence electrons. The summed E-state index contributed by atoms with van der Waals surface area (Å²) >= 11 is 0. The Hall–Kier alpha value is -4.74. The SMILES string of the molecule is COC(=O)[C@@H](NC(=O)N1CCC(Oc2cccc(NC(=O)c3cccc(C)c3-c3ccc(OC(F)(F)F)cc3)c2)CC1)C(C)C. The Morgan fingerprint density at radius 1 is 0.933 bits per heavy atom. The molecule has 1 atom stereocenters. The van der Waals surface area contributed by atoms with Crippen molar-refractivity contribution in [1.29, 1.82) is 0 Å². The van der Waals surface area contributed by atoms with Crippen LogP contribution in [0.4, 0.5) is 23.7 Å². The van der Waals surface area contributed by atoms with Crippen LogP contribution in [0.15, 0.2) is 66.7 Å². The van der Waals surface area contributed by atoms with Gasteiger partial charge >= 0.3 is 18.4 Å². The fourth-order valence-electron chi connectivity index (χ4n) is 5.13. The van der Waals surface area contributed by atoms with Crippen molar-refractivity contribution in [2.75, 3.05) is 25.5 Å². The second-order valence-electron chi connectivity index (χ2n) is 11.1. The first-order valence-electron chi connectivity index (χ1n) is 14.5. The number of urea groups is 1. The monoisotopic (exact) mass is 627 g/mol. The van der Waals surface area contributed by atoms with Crippen molar-refractivity contribution in [2.45, 2.75) is 52.1 Å². The van der Waals surface area contributed by atoms with Crippen molar-refractivity contribution in [2.24, 2.45) is 5.92 Å². The van der Waals surface area contributed by atoms with Crippen LogP contribution in [-0.2, 0) is 9.53 Å². The third kappa shape index (κ3) is 8.90. The highest BCUT2D eigenvalue weighted by Gasteiger charge is 2.31. The minimum absolute atomic E-state index is 0.124. The van der Waals surface area contributed by atoms with Crippen LogP contribution < -0.4 is 20.1 Å². The standard InChI is InChI=1S/C33H36F3N3O6/c1-20(2)29(31(41)43-4)38-32(42)39-17-15-24(16-18-39)44-26-9-6-8-23(19-26)37-30(40)27-10-5-7-21(3)28(27)22-11-13-25(14-12-22)45-33(34,35)36/h5-14,19-20,24,29H,15-18H2,1-4H3,(H,37,40)(H,38,42)/t29-/m0/s1. The normalized spacial score (nSPS) is 14.4. The number of likely N-dealkylation sites (tertiary alicyclic amines) is 1. The Balaban J connectivity index is 1.38. The number of ether oxygens (including phenoxy) is 3. The number of nitrogens with zero attached hydrogens (tertiary/aromatic N) is 1. The number of esters is 1. The lowest BCUT2D eigenvalue weighted by Crippen LogP contribution is -2.53. The summed E-state index contributed by atoms with van der Waals surface area (Å²) in [5, 5.41) is 5.64. The minimum atomic E-state index is -4.80. The summed E-state index contributed by atoms with van der Waals surface area (Å²) in [6.07, 6.45) is -3.80. The topological polar surface area (TPSA) is 106 Å². The molecule has 0 unspecified atom stereocenters. The molecule has 3 amide bonds. The molecular weight excluding hydrogens is 591 g/mol. The number of methoxy groups -OCH3 is 1. The predicted octanol–water partition coefficient (Wildman–Crippen LogP) is 6.56. The fraction of sp³-hybridized carbons (Fsp3) is 0.364. The molecule has 9 nitrogen and oxygen atoms in total. The number of rotatable bonds is 9. The van der Waals surface area contributed by atoms with Gasteiger partial charge in [-0.25, -0.2) is 9.59 Å². The van der Waals surface area contributed by atoms with Crippen LogP contribution in [-0.4, -0.2) is 61.5 Å². The van der Waals surface area contributed by atoms with E-state index in [1.165, 1.54) is 31.4 Å². The van der Waals surface area contributed by atoms with E-state index in [2.05, 4.69) is 15.4 Å². The van der Waals surface area contributed by atoms with Gasteiger partial charge in [0.25, 0.3) is 5.91 Å². The maximum absolute atomic E-state index is 13.4. The van der Waals surface area contributed by atoms with E-state index >= 15 is 0 Å². The molecule has 0 saturated carbocycles. The van der Waals surface area contributed by atoms with Crippen LogP contribution in [0.25, 0.3) is 11.1 Å². The van der Waals surface area contributed by atoms with Gasteiger partial charge in [0.2, 0.25) is 0 Å². The summed E-state index contributed by atoms with van der Waals surface area (Å²) in [5.41, 5.74) is 2.77. The highest BCUT2D eigenvalue weighted by molar-refractivity contribution is 6.09. The van der Waals surface area contributed by atoms with Crippen molar-refractivity contribution in [1.82, 2.24) is 10.2 Å². The number of nitrogens with one attached hydrogen (secondary N) is 2. The Bertz CT molecular complexity index is 1500. The van der Waals surface area contributed by atoms with Gasteiger partial charge in [0, 0.05) is 43.2 Å². The van der Waals surface area contributed by atoms with Crippen LogP contribution in [0.1, 0.15) is 42.6 Å². The summed E-state index contributed by atoms with van der Waals surface area (Å²) < 4.78 is 52.7. The van der Waals surface area contributed by atoms with Crippen molar-refractivity contribution in [3.63, 3.8) is 0 Å². The van der Waals surface area contributed by atoms with E-state index in [0.717, 1.165) is 5.56 Å². The lowest BCUT2D eigenvalue weighted by Gasteiger charge is -2.33. The smallest absolute Gasteiger partial charge is 0.490 e. The van der Waals surface area contributed by atoms with Crippen LogP contribution >= 0.6 is 0 Å². The molecule has 4 rings (SSSR count). The molecule has 2 N–H and O–H groups in total. The summed E-state index contributed by atoms with van der Waals surface area (Å²) in [7, 11) is 1.29. The van der Waals surface area contributed by atoms with Gasteiger partial charge in [-0.2, -0.15) is 0 Å². The lowest BCUT2D eigenvalue weighted by atomic mass is 9.94. The van der Waals surface area contributed by atoms with Gasteiger partial charge in [0.15, 0.2) is 0 Å². The summed E-state index contributed by atoms with van der Waals surface area (Å²) in [6, 6.07) is 16.5. The number of carbonyl (C=O) groups is 3. The van der Waals surface area contributed by atoms with E-state index in [-0.39, 0.29) is 23.8 Å². The van der Waals surface area contributed by atoms with Crippen molar-refractivity contribution in [3.8, 4) is 22.6 Å². The number of hydrogen-bond acceptors (Lipinski definition) is 6. The van der Waals surface area contributed by atoms with Gasteiger partial charge in [-0.15, -0.1) is 13.2 Å². The molecule has 0 aromatic heterocycles. The van der Waals surface area contributed by atoms with E-state index in [4.69, 9.17) is 9.47 Å². The van der Waals surface area contributed by atoms with E-state index in [9.17, 15) is 27.6 Å². The molecule has 1 heterocycles. The molecule has 12 heteroatoms. The van der Waals surface area contributed by atoms with Gasteiger partial charge in [-0.05, 0) is 59.9 Å². The van der Waals surface area contributed by atoms with Crippen LogP contribution in [0.5, 0.6) is 11.5 Å². The number of piperidine rings is 1. The highest BCUT2D eigenvalue weighted by Crippen LogP contribution is 2.32. The van der Waals surface area contributed by atoms with E-state index in [1.807, 2.05) is 26.8 Å². The first kappa shape index (κ1) is 33.2. The van der Waals surface area contributed by atoms with Gasteiger partial charge < -0.3 is 29.7 Å². The molecular formula is C33H36F3N3O6. The third-order valence-electron chi connectivity index (χ3n) is 7.42. The molecule has 0 bridgehead atoms. The van der Waals surface area contributed by atoms with Gasteiger partial charge in [-0.3, -0.25) is 4.79 Å². The van der Waals surface area contributed by atoms with Crippen LogP contribution in [0.3, 0.4) is 0 Å². The van der Waals surface area contributed by atoms with Gasteiger partial charge in [0.05, 0.1) is 7.11 Å². The first-order valence-corrected chi connectivity index (χ1v) is 14.5. The number of amides is 3. The number of halogens is 3. The third-order valence-corrected chi connectivity index (χ3v) is 7.42. The van der Waals surface area contributed by atoms with E-state index in [0.29, 0.717) is 54.1 Å². The zero-order valence-electron chi connectivity index (χ0n) is 25.4. The van der Waals surface area contributed by atoms with Gasteiger partial charge in [-0.1, -0.05) is 44.2 Å². The number of hydrogen-bond donors (Lipinski definition) is 2. The average molecular weight is 628 g/mol. The minimum Gasteiger partial charge on any atom is -0.490 e. The molecule has 45 heavy (non-hydrogen) atoms. The summed E-state index contributed by atoms with van der Waals surface area (Å²) in [4.78, 5) is 39.8. The Morgan fingerprint density at radius 3 is 2.22 bits per heavy atom. The maximum Gasteiger partial charge on any atom is 0.573 e. The van der Waals surface area contributed by atoms with Crippen LogP contribution in [0.2, 0.25) is 0 Å². The van der Waals surface area contributed by atoms with Gasteiger partial charge in [0.1, 0.15) is 23.6 Å². The molecule has 1 fully saturated rings. The summed E-state index contributed by atoms with van der Waals surface area (Å²) in [5.74, 6) is -0.815. The van der Waals surface area contributed by atoms with Crippen molar-refractivity contribution in [3.05, 3.63) is 77.9 Å². The van der Waals surface area contributed by atoms with Crippen molar-refractivity contribution >= 4 is 23.6 Å². The Morgan fingerprint density at radius 2 is 1.60 bits per heavy atom. The van der Waals surface area contributed by atoms with Crippen LogP contribution in [0, 0.1) is 12.8 Å². The van der Waals surface area contributed by atoms with E-state index in [1.54, 1.807) is 41.3 Å². The molecule has 1 aliphatic heterocycles. The second kappa shape index (κ2) is 14.4.